The van der Waals surface area contributed by atoms with Crippen molar-refractivity contribution < 1.29 is 22.8 Å². The Labute approximate surface area is 139 Å². The number of benzene rings is 1. The van der Waals surface area contributed by atoms with E-state index in [2.05, 4.69) is 5.32 Å². The highest BCUT2D eigenvalue weighted by atomic mass is 19.4. The predicted octanol–water partition coefficient (Wildman–Crippen LogP) is 2.72. The molecule has 0 spiro atoms. The first-order chi connectivity index (χ1) is 11.1. The molecule has 1 aliphatic carbocycles. The van der Waals surface area contributed by atoms with Gasteiger partial charge >= 0.3 is 6.18 Å². The fourth-order valence-corrected chi connectivity index (χ4v) is 2.76. The second-order valence-corrected chi connectivity index (χ2v) is 6.54. The molecule has 1 N–H and O–H groups in total. The second-order valence-electron chi connectivity index (χ2n) is 6.54. The molecule has 1 saturated carbocycles. The monoisotopic (exact) mass is 342 g/mol. The third-order valence-corrected chi connectivity index (χ3v) is 4.08. The van der Waals surface area contributed by atoms with Crippen molar-refractivity contribution in [3.8, 4) is 0 Å². The number of likely N-dealkylation sites (N-methyl/N-ethyl adjacent to an activating group) is 1. The number of nitrogens with one attached hydrogen (secondary N) is 1. The number of nitrogens with zero attached hydrogens (tertiary/aromatic N) is 1. The van der Waals surface area contributed by atoms with Crippen molar-refractivity contribution in [3.05, 3.63) is 35.4 Å². The van der Waals surface area contributed by atoms with Gasteiger partial charge < -0.3 is 10.2 Å². The standard InChI is InChI=1S/C17H21F3N2O2/c1-11(2)21-14(23)10-22(3)15(24)16(7-8-16)12-5-4-6-13(9-12)17(18,19)20/h4-6,9,11H,7-8,10H2,1-3H3,(H,21,23). The van der Waals surface area contributed by atoms with E-state index in [1.54, 1.807) is 6.07 Å². The van der Waals surface area contributed by atoms with E-state index >= 15 is 0 Å². The van der Waals surface area contributed by atoms with Gasteiger partial charge in [0.15, 0.2) is 0 Å². The number of amides is 2. The van der Waals surface area contributed by atoms with Gasteiger partial charge in [0, 0.05) is 13.1 Å². The number of carbonyl (C=O) groups is 2. The van der Waals surface area contributed by atoms with E-state index in [9.17, 15) is 22.8 Å². The molecular formula is C17H21F3N2O2. The molecule has 0 bridgehead atoms. The third kappa shape index (κ3) is 3.88. The zero-order valence-corrected chi connectivity index (χ0v) is 13.9. The summed E-state index contributed by atoms with van der Waals surface area (Å²) in [6.45, 7) is 3.51. The Bertz CT molecular complexity index is 637. The summed E-state index contributed by atoms with van der Waals surface area (Å²) in [5, 5.41) is 2.69. The molecule has 1 fully saturated rings. The van der Waals surface area contributed by atoms with Crippen molar-refractivity contribution in [1.82, 2.24) is 10.2 Å². The molecule has 4 nitrogen and oxygen atoms in total. The molecule has 0 aromatic heterocycles. The van der Waals surface area contributed by atoms with Crippen LogP contribution in [0, 0.1) is 0 Å². The number of halogens is 3. The second kappa shape index (κ2) is 6.45. The number of alkyl halides is 3. The molecule has 0 unspecified atom stereocenters. The van der Waals surface area contributed by atoms with Gasteiger partial charge in [-0.2, -0.15) is 13.2 Å². The van der Waals surface area contributed by atoms with Gasteiger partial charge in [-0.25, -0.2) is 0 Å². The van der Waals surface area contributed by atoms with Crippen LogP contribution in [0.5, 0.6) is 0 Å². The molecule has 0 saturated heterocycles. The predicted molar refractivity (Wildman–Crippen MR) is 83.3 cm³/mol. The Morgan fingerprint density at radius 2 is 1.92 bits per heavy atom. The third-order valence-electron chi connectivity index (χ3n) is 4.08. The van der Waals surface area contributed by atoms with E-state index in [0.29, 0.717) is 18.4 Å². The first kappa shape index (κ1) is 18.3. The highest BCUT2D eigenvalue weighted by Gasteiger charge is 2.53. The summed E-state index contributed by atoms with van der Waals surface area (Å²) in [5.41, 5.74) is -1.34. The summed E-state index contributed by atoms with van der Waals surface area (Å²) < 4.78 is 38.6. The number of hydrogen-bond donors (Lipinski definition) is 1. The average Bonchev–Trinajstić information content (AvgIpc) is 3.26. The van der Waals surface area contributed by atoms with Gasteiger partial charge in [-0.1, -0.05) is 18.2 Å². The Kier molecular flexibility index (Phi) is 4.92. The van der Waals surface area contributed by atoms with Crippen LogP contribution in [0.15, 0.2) is 24.3 Å². The lowest BCUT2D eigenvalue weighted by molar-refractivity contribution is -0.138. The van der Waals surface area contributed by atoms with Gasteiger partial charge in [-0.05, 0) is 38.3 Å². The van der Waals surface area contributed by atoms with Gasteiger partial charge in [0.1, 0.15) is 0 Å². The SMILES string of the molecule is CC(C)NC(=O)CN(C)C(=O)C1(c2cccc(C(F)(F)F)c2)CC1. The van der Waals surface area contributed by atoms with Crippen molar-refractivity contribution in [2.45, 2.75) is 44.3 Å². The summed E-state index contributed by atoms with van der Waals surface area (Å²) in [6.07, 6.45) is -3.47. The Balaban J connectivity index is 2.16. The van der Waals surface area contributed by atoms with Crippen LogP contribution in [0.2, 0.25) is 0 Å². The average molecular weight is 342 g/mol. The molecule has 1 aromatic carbocycles. The van der Waals surface area contributed by atoms with Gasteiger partial charge in [0.05, 0.1) is 17.5 Å². The van der Waals surface area contributed by atoms with Gasteiger partial charge in [0.2, 0.25) is 11.8 Å². The van der Waals surface area contributed by atoms with Crippen molar-refractivity contribution >= 4 is 11.8 Å². The molecule has 1 aliphatic rings. The van der Waals surface area contributed by atoms with E-state index < -0.39 is 17.2 Å². The molecular weight excluding hydrogens is 321 g/mol. The molecule has 1 aromatic rings. The van der Waals surface area contributed by atoms with Crippen LogP contribution in [-0.4, -0.2) is 36.3 Å². The summed E-state index contributed by atoms with van der Waals surface area (Å²) >= 11 is 0. The lowest BCUT2D eigenvalue weighted by atomic mass is 9.92. The van der Waals surface area contributed by atoms with Gasteiger partial charge in [0.25, 0.3) is 0 Å². The zero-order valence-electron chi connectivity index (χ0n) is 13.9. The summed E-state index contributed by atoms with van der Waals surface area (Å²) in [5.74, 6) is -0.610. The molecule has 2 amide bonds. The summed E-state index contributed by atoms with van der Waals surface area (Å²) in [4.78, 5) is 25.7. The van der Waals surface area contributed by atoms with Crippen molar-refractivity contribution in [2.24, 2.45) is 0 Å². The maximum Gasteiger partial charge on any atom is 0.416 e. The molecule has 2 rings (SSSR count). The largest absolute Gasteiger partial charge is 0.416 e. The maximum atomic E-state index is 12.9. The highest BCUT2D eigenvalue weighted by Crippen LogP contribution is 2.50. The maximum absolute atomic E-state index is 12.9. The first-order valence-corrected chi connectivity index (χ1v) is 7.79. The molecule has 7 heteroatoms. The van der Waals surface area contributed by atoms with E-state index in [-0.39, 0.29) is 24.4 Å². The Morgan fingerprint density at radius 1 is 1.29 bits per heavy atom. The zero-order chi connectivity index (χ0) is 18.1. The number of carbonyl (C=O) groups excluding carboxylic acids is 2. The fourth-order valence-electron chi connectivity index (χ4n) is 2.76. The normalized spacial score (nSPS) is 16.0. The lowest BCUT2D eigenvalue weighted by Gasteiger charge is -2.24. The Morgan fingerprint density at radius 3 is 2.42 bits per heavy atom. The molecule has 132 valence electrons. The van der Waals surface area contributed by atoms with Gasteiger partial charge in [-0.3, -0.25) is 9.59 Å². The lowest BCUT2D eigenvalue weighted by Crippen LogP contribution is -2.44. The quantitative estimate of drug-likeness (QED) is 0.894. The van der Waals surface area contributed by atoms with E-state index in [1.807, 2.05) is 13.8 Å². The minimum atomic E-state index is -4.45. The van der Waals surface area contributed by atoms with Crippen LogP contribution >= 0.6 is 0 Å². The van der Waals surface area contributed by atoms with Crippen molar-refractivity contribution in [2.75, 3.05) is 13.6 Å². The fraction of sp³-hybridized carbons (Fsp3) is 0.529. The minimum absolute atomic E-state index is 0.0423. The molecule has 0 radical (unpaired) electrons. The highest BCUT2D eigenvalue weighted by molar-refractivity contribution is 5.93. The molecule has 0 aliphatic heterocycles. The number of rotatable bonds is 5. The summed E-state index contributed by atoms with van der Waals surface area (Å²) in [6, 6.07) is 4.84. The van der Waals surface area contributed by atoms with Crippen LogP contribution in [0.25, 0.3) is 0 Å². The smallest absolute Gasteiger partial charge is 0.352 e. The minimum Gasteiger partial charge on any atom is -0.352 e. The molecule has 0 heterocycles. The van der Waals surface area contributed by atoms with Crippen LogP contribution in [0.4, 0.5) is 13.2 Å². The molecule has 0 atom stereocenters. The van der Waals surface area contributed by atoms with Crippen LogP contribution in [0.3, 0.4) is 0 Å². The first-order valence-electron chi connectivity index (χ1n) is 7.79. The Hall–Kier alpha value is -2.05. The van der Waals surface area contributed by atoms with Gasteiger partial charge in [-0.15, -0.1) is 0 Å². The van der Waals surface area contributed by atoms with Crippen molar-refractivity contribution in [1.29, 1.82) is 0 Å². The summed E-state index contributed by atoms with van der Waals surface area (Å²) in [7, 11) is 1.50. The van der Waals surface area contributed by atoms with Crippen molar-refractivity contribution in [3.63, 3.8) is 0 Å². The van der Waals surface area contributed by atoms with E-state index in [0.717, 1.165) is 12.1 Å². The molecule has 24 heavy (non-hydrogen) atoms. The van der Waals surface area contributed by atoms with E-state index in [1.165, 1.54) is 18.0 Å². The van der Waals surface area contributed by atoms with Crippen LogP contribution in [-0.2, 0) is 21.2 Å². The topological polar surface area (TPSA) is 49.4 Å². The number of hydrogen-bond acceptors (Lipinski definition) is 2. The van der Waals surface area contributed by atoms with Crippen LogP contribution < -0.4 is 5.32 Å². The van der Waals surface area contributed by atoms with E-state index in [4.69, 9.17) is 0 Å². The van der Waals surface area contributed by atoms with Crippen LogP contribution in [0.1, 0.15) is 37.8 Å².